The highest BCUT2D eigenvalue weighted by Crippen LogP contribution is 2.42. The topological polar surface area (TPSA) is 92.5 Å². The average molecular weight is 542 g/mol. The number of nitrogens with two attached hydrogens (primary N) is 1. The van der Waals surface area contributed by atoms with Gasteiger partial charge in [-0.3, -0.25) is 14.7 Å². The van der Waals surface area contributed by atoms with Crippen molar-refractivity contribution in [1.82, 2.24) is 4.90 Å². The Hall–Kier alpha value is -2.79. The van der Waals surface area contributed by atoms with Gasteiger partial charge in [0, 0.05) is 29.6 Å². The maximum absolute atomic E-state index is 15.4. The molecule has 0 aromatic heterocycles. The van der Waals surface area contributed by atoms with Crippen LogP contribution in [0, 0.1) is 24.5 Å². The number of anilines is 1. The third-order valence-electron chi connectivity index (χ3n) is 6.89. The van der Waals surface area contributed by atoms with E-state index in [0.717, 1.165) is 31.0 Å². The van der Waals surface area contributed by atoms with E-state index < -0.39 is 45.9 Å². The zero-order chi connectivity index (χ0) is 27.5. The number of hydrogen-bond acceptors (Lipinski definition) is 3. The molecule has 2 aromatic carbocycles. The van der Waals surface area contributed by atoms with Crippen LogP contribution in [0.5, 0.6) is 0 Å². The fourth-order valence-corrected chi connectivity index (χ4v) is 5.03. The lowest BCUT2D eigenvalue weighted by atomic mass is 9.78. The van der Waals surface area contributed by atoms with Gasteiger partial charge in [-0.25, -0.2) is 13.0 Å². The number of alkyl halides is 2. The molecule has 2 aliphatic rings. The van der Waals surface area contributed by atoms with Crippen LogP contribution in [0.2, 0.25) is 0 Å². The summed E-state index contributed by atoms with van der Waals surface area (Å²) in [6, 6.07) is 5.91. The summed E-state index contributed by atoms with van der Waals surface area (Å²) in [7, 11) is -1.11. The molecule has 2 heterocycles. The summed E-state index contributed by atoms with van der Waals surface area (Å²) in [5.74, 6) is -7.90. The second kappa shape index (κ2) is 11.7. The highest BCUT2D eigenvalue weighted by molar-refractivity contribution is 7.81. The Labute approximate surface area is 216 Å². The van der Waals surface area contributed by atoms with Gasteiger partial charge in [-0.05, 0) is 86.9 Å². The van der Waals surface area contributed by atoms with Crippen molar-refractivity contribution in [3.05, 3.63) is 64.7 Å². The minimum atomic E-state index is -4.11. The van der Waals surface area contributed by atoms with Gasteiger partial charge in [-0.15, -0.1) is 0 Å². The molecule has 2 bridgehead atoms. The quantitative estimate of drug-likeness (QED) is 0.532. The SMILES string of the molecule is CS(N)=O.Cc1cc(NC(=O)c2ccc(F)c(C(F)(F)C(=O)N3C4CCCC3[C@@H](C)CC4)c2)ccc1F. The van der Waals surface area contributed by atoms with E-state index in [-0.39, 0.29) is 29.3 Å². The predicted octanol–water partition coefficient (Wildman–Crippen LogP) is 5.04. The van der Waals surface area contributed by atoms with E-state index in [9.17, 15) is 22.6 Å². The van der Waals surface area contributed by atoms with Gasteiger partial charge in [0.15, 0.2) is 0 Å². The largest absolute Gasteiger partial charge is 0.352 e. The molecule has 2 amide bonds. The fraction of sp³-hybridized carbons (Fsp3) is 0.462. The van der Waals surface area contributed by atoms with E-state index in [1.54, 1.807) is 0 Å². The van der Waals surface area contributed by atoms with Crippen LogP contribution in [0.3, 0.4) is 0 Å². The number of aryl methyl sites for hydroxylation is 1. The van der Waals surface area contributed by atoms with Crippen LogP contribution < -0.4 is 10.5 Å². The molecule has 6 nitrogen and oxygen atoms in total. The molecule has 2 saturated heterocycles. The maximum Gasteiger partial charge on any atom is 0.352 e. The highest BCUT2D eigenvalue weighted by atomic mass is 32.2. The summed E-state index contributed by atoms with van der Waals surface area (Å²) in [5.41, 5.74) is -0.784. The van der Waals surface area contributed by atoms with Crippen molar-refractivity contribution in [2.24, 2.45) is 11.1 Å². The average Bonchev–Trinajstić information content (AvgIpc) is 2.83. The molecule has 11 heteroatoms. The number of carbonyl (C=O) groups excluding carboxylic acids is 2. The van der Waals surface area contributed by atoms with Crippen molar-refractivity contribution < 1.29 is 31.4 Å². The van der Waals surface area contributed by atoms with Gasteiger partial charge in [0.05, 0.1) is 16.5 Å². The molecule has 37 heavy (non-hydrogen) atoms. The first kappa shape index (κ1) is 28.8. The van der Waals surface area contributed by atoms with Crippen LogP contribution in [0.15, 0.2) is 36.4 Å². The summed E-state index contributed by atoms with van der Waals surface area (Å²) >= 11 is 0. The van der Waals surface area contributed by atoms with Crippen molar-refractivity contribution >= 4 is 28.5 Å². The number of nitrogens with one attached hydrogen (secondary N) is 1. The van der Waals surface area contributed by atoms with E-state index in [4.69, 9.17) is 0 Å². The molecule has 2 aromatic rings. The Kier molecular flexibility index (Phi) is 9.12. The smallest absolute Gasteiger partial charge is 0.331 e. The Morgan fingerprint density at radius 2 is 1.70 bits per heavy atom. The molecule has 0 aliphatic carbocycles. The molecule has 2 aliphatic heterocycles. The third kappa shape index (κ3) is 6.56. The van der Waals surface area contributed by atoms with Crippen molar-refractivity contribution in [3.63, 3.8) is 0 Å². The minimum Gasteiger partial charge on any atom is -0.331 e. The van der Waals surface area contributed by atoms with Crippen LogP contribution >= 0.6 is 0 Å². The van der Waals surface area contributed by atoms with Crippen LogP contribution in [0.4, 0.5) is 23.2 Å². The predicted molar refractivity (Wildman–Crippen MR) is 134 cm³/mol. The van der Waals surface area contributed by atoms with Crippen molar-refractivity contribution in [2.75, 3.05) is 11.6 Å². The van der Waals surface area contributed by atoms with Gasteiger partial charge in [0.25, 0.3) is 11.8 Å². The number of nitrogens with zero attached hydrogens (tertiary/aromatic N) is 1. The summed E-state index contributed by atoms with van der Waals surface area (Å²) in [4.78, 5) is 26.9. The molecular formula is C26H31F4N3O3S. The van der Waals surface area contributed by atoms with Crippen molar-refractivity contribution in [3.8, 4) is 0 Å². The zero-order valence-corrected chi connectivity index (χ0v) is 21.7. The molecule has 0 saturated carbocycles. The Morgan fingerprint density at radius 1 is 1.05 bits per heavy atom. The Bertz CT molecular complexity index is 1190. The first-order valence-electron chi connectivity index (χ1n) is 12.0. The number of fused-ring (bicyclic) bond motifs is 2. The second-order valence-corrected chi connectivity index (χ2v) is 10.6. The molecule has 2 fully saturated rings. The minimum absolute atomic E-state index is 0.0995. The molecular weight excluding hydrogens is 510 g/mol. The lowest BCUT2D eigenvalue weighted by Gasteiger charge is -2.50. The van der Waals surface area contributed by atoms with Crippen molar-refractivity contribution in [2.45, 2.75) is 64.0 Å². The van der Waals surface area contributed by atoms with Crippen molar-refractivity contribution in [1.29, 1.82) is 0 Å². The molecule has 202 valence electrons. The lowest BCUT2D eigenvalue weighted by molar-refractivity contribution is -0.171. The van der Waals surface area contributed by atoms with Gasteiger partial charge in [0.1, 0.15) is 11.6 Å². The second-order valence-electron chi connectivity index (χ2n) is 9.60. The standard InChI is InChI=1S/C25H26F4N2O2.CH5NOS/c1-14-6-9-18-4-3-5-22(14)31(18)24(33)25(28,29)19-13-16(7-10-21(19)27)23(32)30-17-8-11-20(26)15(2)12-17;1-4(2)3/h7-8,10-14,18,22H,3-6,9H2,1-2H3,(H,30,32);2H2,1H3/t14-,18?,22?;/m0./s1. The lowest BCUT2D eigenvalue weighted by Crippen LogP contribution is -2.59. The molecule has 4 rings (SSSR count). The summed E-state index contributed by atoms with van der Waals surface area (Å²) in [6.45, 7) is 3.47. The number of benzene rings is 2. The third-order valence-corrected chi connectivity index (χ3v) is 6.89. The highest BCUT2D eigenvalue weighted by Gasteiger charge is 2.52. The van der Waals surface area contributed by atoms with Crippen LogP contribution in [0.25, 0.3) is 0 Å². The molecule has 0 radical (unpaired) electrons. The number of halogens is 4. The van der Waals surface area contributed by atoms with Crippen LogP contribution in [-0.2, 0) is 21.7 Å². The Balaban J connectivity index is 0.000000886. The van der Waals surface area contributed by atoms with Crippen LogP contribution in [0.1, 0.15) is 60.5 Å². The van der Waals surface area contributed by atoms with E-state index in [2.05, 4.69) is 10.5 Å². The van der Waals surface area contributed by atoms with E-state index in [1.165, 1.54) is 36.3 Å². The normalized spacial score (nSPS) is 21.9. The molecule has 3 N–H and O–H groups in total. The number of hydrogen-bond donors (Lipinski definition) is 2. The Morgan fingerprint density at radius 3 is 2.35 bits per heavy atom. The van der Waals surface area contributed by atoms with E-state index in [1.807, 2.05) is 6.92 Å². The van der Waals surface area contributed by atoms with Gasteiger partial charge >= 0.3 is 5.92 Å². The summed E-state index contributed by atoms with van der Waals surface area (Å²) < 4.78 is 68.1. The number of piperidine rings is 2. The first-order chi connectivity index (χ1) is 17.3. The monoisotopic (exact) mass is 541 g/mol. The van der Waals surface area contributed by atoms with Crippen LogP contribution in [-0.4, -0.2) is 39.3 Å². The van der Waals surface area contributed by atoms with Gasteiger partial charge in [-0.2, -0.15) is 8.78 Å². The molecule has 3 unspecified atom stereocenters. The number of rotatable bonds is 4. The summed E-state index contributed by atoms with van der Waals surface area (Å²) in [5, 5.41) is 7.07. The van der Waals surface area contributed by atoms with Gasteiger partial charge in [0.2, 0.25) is 0 Å². The fourth-order valence-electron chi connectivity index (χ4n) is 5.03. The maximum atomic E-state index is 15.4. The number of carbonyl (C=O) groups is 2. The van der Waals surface area contributed by atoms with E-state index >= 15 is 8.78 Å². The molecule has 4 atom stereocenters. The van der Waals surface area contributed by atoms with Gasteiger partial charge in [-0.1, -0.05) is 6.92 Å². The summed E-state index contributed by atoms with van der Waals surface area (Å²) in [6.07, 6.45) is 5.13. The molecule has 0 spiro atoms. The first-order valence-corrected chi connectivity index (χ1v) is 13.6. The number of amides is 2. The zero-order valence-electron chi connectivity index (χ0n) is 20.9. The van der Waals surface area contributed by atoms with E-state index in [0.29, 0.717) is 24.8 Å². The van der Waals surface area contributed by atoms with Gasteiger partial charge < -0.3 is 10.2 Å².